The molecule has 3 N–H and O–H groups in total. The van der Waals surface area contributed by atoms with Gasteiger partial charge in [0.1, 0.15) is 0 Å². The Balaban J connectivity index is 2.32. The van der Waals surface area contributed by atoms with E-state index in [2.05, 4.69) is 10.3 Å². The molecule has 0 radical (unpaired) electrons. The molecule has 0 aliphatic rings. The van der Waals surface area contributed by atoms with Crippen LogP contribution in [0.1, 0.15) is 0 Å². The molecular weight excluding hydrogens is 222 g/mol. The van der Waals surface area contributed by atoms with Gasteiger partial charge in [-0.05, 0) is 18.2 Å². The van der Waals surface area contributed by atoms with E-state index in [0.29, 0.717) is 5.69 Å². The van der Waals surface area contributed by atoms with Crippen molar-refractivity contribution < 1.29 is 0 Å². The van der Waals surface area contributed by atoms with E-state index in [1.165, 1.54) is 0 Å². The van der Waals surface area contributed by atoms with Crippen LogP contribution in [0.3, 0.4) is 0 Å². The molecule has 1 aromatic heterocycles. The molecule has 2 aromatic rings. The van der Waals surface area contributed by atoms with E-state index in [-0.39, 0.29) is 0 Å². The summed E-state index contributed by atoms with van der Waals surface area (Å²) in [6.07, 6.45) is 3.34. The fourth-order valence-electron chi connectivity index (χ4n) is 1.45. The van der Waals surface area contributed by atoms with E-state index in [0.717, 1.165) is 11.4 Å². The van der Waals surface area contributed by atoms with Gasteiger partial charge in [0.05, 0.1) is 17.6 Å². The van der Waals surface area contributed by atoms with Gasteiger partial charge in [-0.3, -0.25) is 4.98 Å². The molecule has 3 nitrogen and oxygen atoms in total. The van der Waals surface area contributed by atoms with Crippen LogP contribution in [0.15, 0.2) is 73.1 Å². The molecular formula is C15H15N3. The second-order valence-corrected chi connectivity index (χ2v) is 3.72. The maximum Gasteiger partial charge on any atom is 0.0739 e. The third kappa shape index (κ3) is 3.49. The normalized spacial score (nSPS) is 9.33. The molecule has 0 atom stereocenters. The highest BCUT2D eigenvalue weighted by Crippen LogP contribution is 2.20. The summed E-state index contributed by atoms with van der Waals surface area (Å²) in [5.41, 5.74) is 8.29. The van der Waals surface area contributed by atoms with E-state index in [1.807, 2.05) is 60.7 Å². The zero-order valence-electron chi connectivity index (χ0n) is 9.95. The lowest BCUT2D eigenvalue weighted by molar-refractivity contribution is 1.33. The van der Waals surface area contributed by atoms with Crippen LogP contribution in [0, 0.1) is 0 Å². The predicted octanol–water partition coefficient (Wildman–Crippen LogP) is 3.53. The third-order valence-corrected chi connectivity index (χ3v) is 2.35. The van der Waals surface area contributed by atoms with Crippen LogP contribution in [0.4, 0.5) is 17.1 Å². The topological polar surface area (TPSA) is 50.9 Å². The second kappa shape index (κ2) is 6.25. The highest BCUT2D eigenvalue weighted by molar-refractivity contribution is 5.70. The van der Waals surface area contributed by atoms with E-state index < -0.39 is 0 Å². The molecule has 0 saturated heterocycles. The van der Waals surface area contributed by atoms with Crippen molar-refractivity contribution in [2.24, 2.45) is 0 Å². The van der Waals surface area contributed by atoms with Crippen molar-refractivity contribution >= 4 is 17.1 Å². The van der Waals surface area contributed by atoms with Crippen molar-refractivity contribution in [1.82, 2.24) is 4.98 Å². The van der Waals surface area contributed by atoms with Crippen molar-refractivity contribution in [1.29, 1.82) is 0 Å². The first-order valence-electron chi connectivity index (χ1n) is 5.71. The molecule has 90 valence electrons. The number of aromatic nitrogens is 1. The van der Waals surface area contributed by atoms with E-state index in [4.69, 9.17) is 5.73 Å². The lowest BCUT2D eigenvalue weighted by atomic mass is 10.3. The van der Waals surface area contributed by atoms with Gasteiger partial charge in [-0.1, -0.05) is 42.5 Å². The number of nitrogens with one attached hydrogen (secondary N) is 1. The minimum Gasteiger partial charge on any atom is -0.396 e. The minimum absolute atomic E-state index is 0.628. The van der Waals surface area contributed by atoms with Gasteiger partial charge in [-0.2, -0.15) is 0 Å². The lowest BCUT2D eigenvalue weighted by Gasteiger charge is -2.07. The molecule has 0 spiro atoms. The number of nitrogens with zero attached hydrogens (tertiary/aromatic N) is 1. The summed E-state index contributed by atoms with van der Waals surface area (Å²) in [5.74, 6) is 0. The summed E-state index contributed by atoms with van der Waals surface area (Å²) in [5, 5.41) is 3.27. The fourth-order valence-corrected chi connectivity index (χ4v) is 1.45. The average molecular weight is 237 g/mol. The van der Waals surface area contributed by atoms with Crippen molar-refractivity contribution in [2.45, 2.75) is 0 Å². The van der Waals surface area contributed by atoms with Gasteiger partial charge in [-0.25, -0.2) is 0 Å². The summed E-state index contributed by atoms with van der Waals surface area (Å²) >= 11 is 0. The SMILES string of the molecule is Nc1cnccc1Nc1ccccccccc1. The number of hydrogen-bond acceptors (Lipinski definition) is 3. The lowest BCUT2D eigenvalue weighted by Crippen LogP contribution is -1.95. The maximum atomic E-state index is 5.84. The molecule has 0 aliphatic heterocycles. The second-order valence-electron chi connectivity index (χ2n) is 3.72. The molecule has 1 heterocycles. The number of nitrogen functional groups attached to an aromatic ring is 1. The van der Waals surface area contributed by atoms with Crippen LogP contribution >= 0.6 is 0 Å². The van der Waals surface area contributed by atoms with Gasteiger partial charge < -0.3 is 11.1 Å². The Hall–Kier alpha value is -2.55. The van der Waals surface area contributed by atoms with E-state index >= 15 is 0 Å². The molecule has 3 heteroatoms. The Morgan fingerprint density at radius 3 is 2.06 bits per heavy atom. The summed E-state index contributed by atoms with van der Waals surface area (Å²) < 4.78 is 0. The standard InChI is InChI=1S/C15H15N3/c16-14-12-17-11-10-15(14)18-13-8-6-4-2-1-3-5-7-9-13/h1-12H,16H2,(H,17,18). The summed E-state index contributed by atoms with van der Waals surface area (Å²) in [4.78, 5) is 3.96. The summed E-state index contributed by atoms with van der Waals surface area (Å²) in [6.45, 7) is 0. The molecule has 0 unspecified atom stereocenters. The zero-order valence-corrected chi connectivity index (χ0v) is 9.95. The quantitative estimate of drug-likeness (QED) is 0.840. The van der Waals surface area contributed by atoms with E-state index in [9.17, 15) is 0 Å². The fraction of sp³-hybridized carbons (Fsp3) is 0. The number of anilines is 3. The Labute approximate surface area is 107 Å². The largest absolute Gasteiger partial charge is 0.396 e. The molecule has 0 bridgehead atoms. The van der Waals surface area contributed by atoms with E-state index in [1.54, 1.807) is 12.4 Å². The molecule has 18 heavy (non-hydrogen) atoms. The highest BCUT2D eigenvalue weighted by atomic mass is 14.9. The van der Waals surface area contributed by atoms with Gasteiger partial charge in [0.25, 0.3) is 0 Å². The average Bonchev–Trinajstić information content (AvgIpc) is 2.40. The first-order chi connectivity index (χ1) is 8.86. The van der Waals surface area contributed by atoms with Crippen LogP contribution in [0.5, 0.6) is 0 Å². The van der Waals surface area contributed by atoms with Crippen molar-refractivity contribution in [3.05, 3.63) is 73.1 Å². The molecule has 2 rings (SSSR count). The smallest absolute Gasteiger partial charge is 0.0739 e. The van der Waals surface area contributed by atoms with Gasteiger partial charge in [0.2, 0.25) is 0 Å². The predicted molar refractivity (Wildman–Crippen MR) is 76.0 cm³/mol. The van der Waals surface area contributed by atoms with Crippen LogP contribution in [0.25, 0.3) is 0 Å². The van der Waals surface area contributed by atoms with Crippen molar-refractivity contribution in [3.8, 4) is 0 Å². The Bertz CT molecular complexity index is 541. The summed E-state index contributed by atoms with van der Waals surface area (Å²) in [7, 11) is 0. The van der Waals surface area contributed by atoms with Crippen LogP contribution < -0.4 is 11.1 Å². The highest BCUT2D eigenvalue weighted by Gasteiger charge is 1.96. The first kappa shape index (κ1) is 11.9. The number of rotatable bonds is 2. The minimum atomic E-state index is 0.628. The monoisotopic (exact) mass is 237 g/mol. The number of hydrogen-bond donors (Lipinski definition) is 2. The van der Waals surface area contributed by atoms with Gasteiger partial charge >= 0.3 is 0 Å². The zero-order chi connectivity index (χ0) is 12.6. The molecule has 0 saturated carbocycles. The summed E-state index contributed by atoms with van der Waals surface area (Å²) in [6, 6.07) is 19.6. The van der Waals surface area contributed by atoms with Crippen LogP contribution in [0.2, 0.25) is 0 Å². The van der Waals surface area contributed by atoms with Crippen LogP contribution in [-0.4, -0.2) is 4.98 Å². The Kier molecular flexibility index (Phi) is 4.14. The van der Waals surface area contributed by atoms with Gasteiger partial charge in [0.15, 0.2) is 0 Å². The molecule has 0 amide bonds. The van der Waals surface area contributed by atoms with Gasteiger partial charge in [-0.15, -0.1) is 0 Å². The molecule has 0 fully saturated rings. The molecule has 0 aliphatic carbocycles. The Morgan fingerprint density at radius 1 is 0.833 bits per heavy atom. The molecule has 1 aromatic carbocycles. The van der Waals surface area contributed by atoms with Crippen LogP contribution in [-0.2, 0) is 0 Å². The number of nitrogens with two attached hydrogens (primary N) is 1. The number of pyridine rings is 1. The van der Waals surface area contributed by atoms with Crippen molar-refractivity contribution in [3.63, 3.8) is 0 Å². The maximum absolute atomic E-state index is 5.84. The first-order valence-corrected chi connectivity index (χ1v) is 5.71. The van der Waals surface area contributed by atoms with Crippen molar-refractivity contribution in [2.75, 3.05) is 11.1 Å². The van der Waals surface area contributed by atoms with Gasteiger partial charge in [0, 0.05) is 11.9 Å². The third-order valence-electron chi connectivity index (χ3n) is 2.35. The Morgan fingerprint density at radius 2 is 1.44 bits per heavy atom.